The molecule has 0 aromatic heterocycles. The first-order valence-corrected chi connectivity index (χ1v) is 20.2. The van der Waals surface area contributed by atoms with E-state index in [1.807, 2.05) is 113 Å². The largest absolute Gasteiger partial charge is 0.460 e. The van der Waals surface area contributed by atoms with Crippen LogP contribution < -0.4 is 5.32 Å². The van der Waals surface area contributed by atoms with Gasteiger partial charge in [-0.1, -0.05) is 36.4 Å². The zero-order chi connectivity index (χ0) is 41.6. The molecule has 0 bridgehead atoms. The van der Waals surface area contributed by atoms with Gasteiger partial charge in [0.15, 0.2) is 0 Å². The fourth-order valence-electron chi connectivity index (χ4n) is 7.24. The minimum Gasteiger partial charge on any atom is -0.460 e. The lowest BCUT2D eigenvalue weighted by molar-refractivity contribution is -0.163. The Labute approximate surface area is 335 Å². The number of hydrogen-bond acceptors (Lipinski definition) is 9. The lowest BCUT2D eigenvalue weighted by atomic mass is 9.85. The summed E-state index contributed by atoms with van der Waals surface area (Å²) in [6, 6.07) is 16.3. The zero-order valence-electron chi connectivity index (χ0n) is 36.0. The summed E-state index contributed by atoms with van der Waals surface area (Å²) in [7, 11) is 0. The summed E-state index contributed by atoms with van der Waals surface area (Å²) in [5.41, 5.74) is 1.51. The summed E-state index contributed by atoms with van der Waals surface area (Å²) in [6.07, 6.45) is 1.63. The van der Waals surface area contributed by atoms with Crippen LogP contribution in [-0.2, 0) is 47.9 Å². The van der Waals surface area contributed by atoms with E-state index >= 15 is 0 Å². The normalized spacial score (nSPS) is 18.9. The maximum absolute atomic E-state index is 13.6. The van der Waals surface area contributed by atoms with E-state index in [9.17, 15) is 19.2 Å². The van der Waals surface area contributed by atoms with E-state index in [1.54, 1.807) is 9.80 Å². The Balaban J connectivity index is 1.45. The molecule has 1 N–H and O–H groups in total. The lowest BCUT2D eigenvalue weighted by Crippen LogP contribution is -2.38. The predicted octanol–water partition coefficient (Wildman–Crippen LogP) is 8.81. The summed E-state index contributed by atoms with van der Waals surface area (Å²) in [5.74, 6) is -1.49. The van der Waals surface area contributed by atoms with Crippen LogP contribution in [0.3, 0.4) is 0 Å². The molecule has 56 heavy (non-hydrogen) atoms. The van der Waals surface area contributed by atoms with Gasteiger partial charge in [-0.3, -0.25) is 9.59 Å². The molecule has 2 aliphatic heterocycles. The number of hydrogen-bond donors (Lipinski definition) is 1. The Kier molecular flexibility index (Phi) is 14.2. The SMILES string of the molecule is CC(C)(C)OC(=O)[C@@H](Cc1cccc(NCc2cccc(C[C@H](C(=O)OC(C)(C)C)[C@H]3CCN(C(=O)OC(C)(C)C)C3)c2)c1)C1CCN(C(=O)OC(C)(C)C)C1. The van der Waals surface area contributed by atoms with Crippen LogP contribution in [0.5, 0.6) is 0 Å². The van der Waals surface area contributed by atoms with Gasteiger partial charge in [-0.05, 0) is 149 Å². The molecule has 1 unspecified atom stereocenters. The van der Waals surface area contributed by atoms with Crippen molar-refractivity contribution in [2.45, 2.75) is 138 Å². The molecule has 0 aliphatic carbocycles. The Hall–Kier alpha value is -4.28. The van der Waals surface area contributed by atoms with Crippen LogP contribution >= 0.6 is 0 Å². The van der Waals surface area contributed by atoms with Gasteiger partial charge in [0.25, 0.3) is 0 Å². The van der Waals surface area contributed by atoms with Crippen LogP contribution in [0.2, 0.25) is 0 Å². The minimum atomic E-state index is -0.638. The number of esters is 2. The molecule has 4 atom stereocenters. The van der Waals surface area contributed by atoms with Gasteiger partial charge in [0.05, 0.1) is 11.8 Å². The molecular weight excluding hydrogens is 711 g/mol. The number of benzene rings is 2. The molecule has 0 saturated carbocycles. The van der Waals surface area contributed by atoms with Crippen molar-refractivity contribution in [3.8, 4) is 0 Å². The maximum atomic E-state index is 13.6. The third-order valence-corrected chi connectivity index (χ3v) is 9.64. The van der Waals surface area contributed by atoms with Crippen molar-refractivity contribution >= 4 is 29.8 Å². The number of anilines is 1. The average molecular weight is 778 g/mol. The first-order valence-electron chi connectivity index (χ1n) is 20.2. The second-order valence-electron chi connectivity index (χ2n) is 19.5. The minimum absolute atomic E-state index is 0.0592. The molecule has 11 nitrogen and oxygen atoms in total. The summed E-state index contributed by atoms with van der Waals surface area (Å²) < 4.78 is 23.0. The smallest absolute Gasteiger partial charge is 0.410 e. The van der Waals surface area contributed by atoms with Gasteiger partial charge in [0.2, 0.25) is 0 Å². The lowest BCUT2D eigenvalue weighted by Gasteiger charge is -2.28. The Morgan fingerprint density at radius 3 is 1.41 bits per heavy atom. The Morgan fingerprint density at radius 2 is 0.982 bits per heavy atom. The zero-order valence-corrected chi connectivity index (χ0v) is 36.0. The average Bonchev–Trinajstić information content (AvgIpc) is 3.74. The molecule has 2 saturated heterocycles. The van der Waals surface area contributed by atoms with Crippen LogP contribution in [0.15, 0.2) is 48.5 Å². The van der Waals surface area contributed by atoms with Gasteiger partial charge in [0, 0.05) is 38.4 Å². The molecule has 2 aromatic carbocycles. The van der Waals surface area contributed by atoms with Crippen LogP contribution in [0.25, 0.3) is 0 Å². The monoisotopic (exact) mass is 777 g/mol. The second-order valence-corrected chi connectivity index (χ2v) is 19.5. The van der Waals surface area contributed by atoms with Gasteiger partial charge < -0.3 is 34.1 Å². The van der Waals surface area contributed by atoms with E-state index in [4.69, 9.17) is 18.9 Å². The van der Waals surface area contributed by atoms with Gasteiger partial charge in [-0.2, -0.15) is 0 Å². The number of amides is 2. The van der Waals surface area contributed by atoms with Gasteiger partial charge in [0.1, 0.15) is 22.4 Å². The van der Waals surface area contributed by atoms with Crippen molar-refractivity contribution in [2.24, 2.45) is 23.7 Å². The summed E-state index contributed by atoms with van der Waals surface area (Å²) >= 11 is 0. The summed E-state index contributed by atoms with van der Waals surface area (Å²) in [6.45, 7) is 24.8. The van der Waals surface area contributed by atoms with Crippen molar-refractivity contribution in [1.29, 1.82) is 0 Å². The maximum Gasteiger partial charge on any atom is 0.410 e. The third-order valence-electron chi connectivity index (χ3n) is 9.64. The second kappa shape index (κ2) is 17.9. The molecule has 0 radical (unpaired) electrons. The van der Waals surface area contributed by atoms with Crippen molar-refractivity contribution < 1.29 is 38.1 Å². The number of nitrogens with zero attached hydrogens (tertiary/aromatic N) is 2. The van der Waals surface area contributed by atoms with Gasteiger partial charge >= 0.3 is 24.1 Å². The van der Waals surface area contributed by atoms with E-state index in [1.165, 1.54) is 0 Å². The highest BCUT2D eigenvalue weighted by Crippen LogP contribution is 2.33. The highest BCUT2D eigenvalue weighted by atomic mass is 16.6. The molecule has 4 rings (SSSR count). The molecule has 2 aliphatic rings. The molecule has 0 spiro atoms. The molecule has 2 amide bonds. The Morgan fingerprint density at radius 1 is 0.589 bits per heavy atom. The molecular formula is C45H67N3O8. The first-order chi connectivity index (χ1) is 25.8. The molecule has 2 aromatic rings. The van der Waals surface area contributed by atoms with Gasteiger partial charge in [-0.25, -0.2) is 9.59 Å². The fraction of sp³-hybridized carbons (Fsp3) is 0.644. The van der Waals surface area contributed by atoms with Gasteiger partial charge in [-0.15, -0.1) is 0 Å². The van der Waals surface area contributed by atoms with E-state index < -0.39 is 34.2 Å². The number of carbonyl (C=O) groups excluding carboxylic acids is 4. The Bertz CT molecular complexity index is 1560. The number of rotatable bonds is 11. The van der Waals surface area contributed by atoms with Crippen LogP contribution in [0.1, 0.15) is 113 Å². The molecule has 310 valence electrons. The number of carbonyl (C=O) groups is 4. The van der Waals surface area contributed by atoms with E-state index in [2.05, 4.69) is 23.5 Å². The molecule has 2 fully saturated rings. The van der Waals surface area contributed by atoms with E-state index in [-0.39, 0.29) is 36.0 Å². The molecule has 11 heteroatoms. The van der Waals surface area contributed by atoms with Crippen molar-refractivity contribution in [3.05, 3.63) is 65.2 Å². The van der Waals surface area contributed by atoms with E-state index in [0.29, 0.717) is 58.4 Å². The number of nitrogens with one attached hydrogen (secondary N) is 1. The third kappa shape index (κ3) is 14.3. The number of ether oxygens (including phenoxy) is 4. The standard InChI is InChI=1S/C45H67N3O8/c1-42(2,3)53-38(49)36(33-19-21-47(28-33)40(51)55-44(7,8)9)25-30-15-13-17-32(23-30)27-46-35-18-14-16-31(24-35)26-37(39(50)54-43(4,5)6)34-20-22-48(29-34)41(52)56-45(10,11)12/h13-18,23-24,33-34,36-37,46H,19-22,25-29H2,1-12H3/t33-,34?,36-,37-/m0/s1. The first kappa shape index (κ1) is 44.4. The highest BCUT2D eigenvalue weighted by molar-refractivity contribution is 5.75. The van der Waals surface area contributed by atoms with Crippen molar-refractivity contribution in [1.82, 2.24) is 9.80 Å². The quantitative estimate of drug-likeness (QED) is 0.176. The topological polar surface area (TPSA) is 124 Å². The van der Waals surface area contributed by atoms with Crippen molar-refractivity contribution in [2.75, 3.05) is 31.5 Å². The summed E-state index contributed by atoms with van der Waals surface area (Å²) in [4.78, 5) is 56.3. The predicted molar refractivity (Wildman–Crippen MR) is 218 cm³/mol. The van der Waals surface area contributed by atoms with E-state index in [0.717, 1.165) is 22.4 Å². The van der Waals surface area contributed by atoms with Crippen LogP contribution in [0.4, 0.5) is 15.3 Å². The highest BCUT2D eigenvalue weighted by Gasteiger charge is 2.40. The molecule has 2 heterocycles. The van der Waals surface area contributed by atoms with Crippen LogP contribution in [0, 0.1) is 23.7 Å². The van der Waals surface area contributed by atoms with Crippen LogP contribution in [-0.4, -0.2) is 82.5 Å². The summed E-state index contributed by atoms with van der Waals surface area (Å²) in [5, 5.41) is 3.55. The number of likely N-dealkylation sites (tertiary alicyclic amines) is 2. The fourth-order valence-corrected chi connectivity index (χ4v) is 7.24. The van der Waals surface area contributed by atoms with Crippen molar-refractivity contribution in [3.63, 3.8) is 0 Å².